The highest BCUT2D eigenvalue weighted by Crippen LogP contribution is 2.26. The fraction of sp³-hybridized carbons (Fsp3) is 1.00. The predicted octanol–water partition coefficient (Wildman–Crippen LogP) is 3.57. The van der Waals surface area contributed by atoms with E-state index in [2.05, 4.69) is 54.7 Å². The van der Waals surface area contributed by atoms with Crippen molar-refractivity contribution >= 4 is 47.8 Å². The van der Waals surface area contributed by atoms with E-state index in [4.69, 9.17) is 0 Å². The van der Waals surface area contributed by atoms with Gasteiger partial charge in [-0.2, -0.15) is 0 Å². The van der Waals surface area contributed by atoms with Gasteiger partial charge < -0.3 is 0 Å². The first-order chi connectivity index (χ1) is 4.18. The van der Waals surface area contributed by atoms with Gasteiger partial charge in [0.05, 0.1) is 0 Å². The molecule has 0 aromatic carbocycles. The molecule has 0 radical (unpaired) electrons. The Morgan fingerprint density at radius 2 is 1.56 bits per heavy atom. The summed E-state index contributed by atoms with van der Waals surface area (Å²) in [5, 5.41) is 3.22. The van der Waals surface area contributed by atoms with Crippen molar-refractivity contribution in [2.24, 2.45) is 5.41 Å². The van der Waals surface area contributed by atoms with Crippen LogP contribution in [-0.4, -0.2) is 16.0 Å². The zero-order valence-electron chi connectivity index (χ0n) is 5.46. The summed E-state index contributed by atoms with van der Waals surface area (Å²) in [6, 6.07) is 0. The van der Waals surface area contributed by atoms with Crippen molar-refractivity contribution in [3.05, 3.63) is 0 Å². The topological polar surface area (TPSA) is 0 Å². The van der Waals surface area contributed by atoms with Gasteiger partial charge in [0, 0.05) is 16.0 Å². The molecule has 0 heterocycles. The van der Waals surface area contributed by atoms with Crippen LogP contribution >= 0.6 is 47.8 Å². The van der Waals surface area contributed by atoms with Crippen molar-refractivity contribution in [2.75, 3.05) is 16.0 Å². The Hall–Kier alpha value is 1.44. The van der Waals surface area contributed by atoms with Crippen LogP contribution in [0.3, 0.4) is 0 Å². The molecule has 0 aliphatic heterocycles. The van der Waals surface area contributed by atoms with Crippen LogP contribution < -0.4 is 0 Å². The molecule has 0 aliphatic carbocycles. The highest BCUT2D eigenvalue weighted by Gasteiger charge is 2.19. The van der Waals surface area contributed by atoms with Gasteiger partial charge in [-0.1, -0.05) is 54.7 Å². The Balaban J connectivity index is 3.62. The first kappa shape index (κ1) is 10.4. The highest BCUT2D eigenvalue weighted by molar-refractivity contribution is 9.10. The molecule has 3 heteroatoms. The van der Waals surface area contributed by atoms with Crippen molar-refractivity contribution in [1.29, 1.82) is 0 Å². The van der Waals surface area contributed by atoms with E-state index in [1.54, 1.807) is 0 Å². The molecule has 0 aromatic heterocycles. The smallest absolute Gasteiger partial charge is 0.00936 e. The van der Waals surface area contributed by atoms with Crippen LogP contribution in [0.15, 0.2) is 0 Å². The van der Waals surface area contributed by atoms with E-state index in [-0.39, 0.29) is 0 Å². The first-order valence-electron chi connectivity index (χ1n) is 2.86. The lowest BCUT2D eigenvalue weighted by Crippen LogP contribution is -2.20. The number of hydrogen-bond acceptors (Lipinski definition) is 0. The molecule has 0 saturated heterocycles. The first-order valence-corrected chi connectivity index (χ1v) is 6.23. The summed E-state index contributed by atoms with van der Waals surface area (Å²) in [6.07, 6.45) is 1.21. The van der Waals surface area contributed by atoms with Crippen LogP contribution in [0.5, 0.6) is 0 Å². The van der Waals surface area contributed by atoms with Crippen LogP contribution in [-0.2, 0) is 0 Å². The fourth-order valence-corrected chi connectivity index (χ4v) is 2.84. The molecular formula is C6H11Br3. The van der Waals surface area contributed by atoms with Gasteiger partial charge in [-0.3, -0.25) is 0 Å². The average molecular weight is 323 g/mol. The minimum absolute atomic E-state index is 0.420. The predicted molar refractivity (Wildman–Crippen MR) is 54.1 cm³/mol. The molecule has 0 amide bonds. The maximum absolute atomic E-state index is 3.48. The third-order valence-electron chi connectivity index (χ3n) is 1.34. The molecule has 9 heavy (non-hydrogen) atoms. The Morgan fingerprint density at radius 3 is 1.67 bits per heavy atom. The van der Waals surface area contributed by atoms with E-state index < -0.39 is 0 Å². The van der Waals surface area contributed by atoms with Gasteiger partial charge in [0.2, 0.25) is 0 Å². The van der Waals surface area contributed by atoms with Crippen molar-refractivity contribution in [3.8, 4) is 0 Å². The quantitative estimate of drug-likeness (QED) is 0.694. The van der Waals surface area contributed by atoms with E-state index in [0.29, 0.717) is 5.41 Å². The maximum Gasteiger partial charge on any atom is 0.00936 e. The van der Waals surface area contributed by atoms with Crippen molar-refractivity contribution in [3.63, 3.8) is 0 Å². The van der Waals surface area contributed by atoms with Crippen LogP contribution in [0.1, 0.15) is 13.3 Å². The molecule has 0 N–H and O–H groups in total. The van der Waals surface area contributed by atoms with Crippen LogP contribution in [0.4, 0.5) is 0 Å². The second kappa shape index (κ2) is 5.14. The molecule has 0 unspecified atom stereocenters. The number of halogens is 3. The maximum atomic E-state index is 3.48. The minimum atomic E-state index is 0.420. The van der Waals surface area contributed by atoms with E-state index >= 15 is 0 Å². The summed E-state index contributed by atoms with van der Waals surface area (Å²) in [5.74, 6) is 0. The molecule has 0 nitrogen and oxygen atoms in total. The van der Waals surface area contributed by atoms with Gasteiger partial charge in [0.1, 0.15) is 0 Å². The van der Waals surface area contributed by atoms with Crippen LogP contribution in [0, 0.1) is 5.41 Å². The molecule has 0 spiro atoms. The number of hydrogen-bond donors (Lipinski definition) is 0. The number of rotatable bonds is 4. The van der Waals surface area contributed by atoms with Crippen LogP contribution in [0.25, 0.3) is 0 Å². The summed E-state index contributed by atoms with van der Waals surface area (Å²) in [6.45, 7) is 2.26. The third kappa shape index (κ3) is 3.99. The van der Waals surface area contributed by atoms with Crippen molar-refractivity contribution < 1.29 is 0 Å². The molecule has 0 rings (SSSR count). The fourth-order valence-electron chi connectivity index (χ4n) is 0.397. The Morgan fingerprint density at radius 1 is 1.11 bits per heavy atom. The van der Waals surface area contributed by atoms with E-state index in [9.17, 15) is 0 Å². The SMILES string of the molecule is CC(CBr)(CBr)CCBr. The summed E-state index contributed by atoms with van der Waals surface area (Å²) in [4.78, 5) is 0. The average Bonchev–Trinajstić information content (AvgIpc) is 1.89. The Bertz CT molecular complexity index is 68.7. The molecule has 0 aliphatic rings. The molecule has 0 fully saturated rings. The van der Waals surface area contributed by atoms with E-state index in [0.717, 1.165) is 16.0 Å². The van der Waals surface area contributed by atoms with Gasteiger partial charge in [0.25, 0.3) is 0 Å². The standard InChI is InChI=1S/C6H11Br3/c1-6(4-8,5-9)2-3-7/h2-5H2,1H3. The van der Waals surface area contributed by atoms with Crippen LogP contribution in [0.2, 0.25) is 0 Å². The largest absolute Gasteiger partial charge is 0.0928 e. The molecule has 0 aromatic rings. The van der Waals surface area contributed by atoms with Gasteiger partial charge >= 0.3 is 0 Å². The monoisotopic (exact) mass is 320 g/mol. The zero-order valence-corrected chi connectivity index (χ0v) is 10.2. The molecule has 0 saturated carbocycles. The molecule has 0 bridgehead atoms. The lowest BCUT2D eigenvalue weighted by molar-refractivity contribution is 0.430. The lowest BCUT2D eigenvalue weighted by atomic mass is 9.93. The Labute approximate surface area is 82.2 Å². The third-order valence-corrected chi connectivity index (χ3v) is 4.45. The number of alkyl halides is 3. The molecule has 56 valence electrons. The van der Waals surface area contributed by atoms with Gasteiger partial charge in [-0.25, -0.2) is 0 Å². The molecular weight excluding hydrogens is 312 g/mol. The summed E-state index contributed by atoms with van der Waals surface area (Å²) in [7, 11) is 0. The Kier molecular flexibility index (Phi) is 5.96. The zero-order chi connectivity index (χ0) is 7.33. The molecule has 0 atom stereocenters. The highest BCUT2D eigenvalue weighted by atomic mass is 79.9. The van der Waals surface area contributed by atoms with Crippen molar-refractivity contribution in [1.82, 2.24) is 0 Å². The normalized spacial score (nSPS) is 12.0. The summed E-state index contributed by atoms with van der Waals surface area (Å²) < 4.78 is 0. The summed E-state index contributed by atoms with van der Waals surface area (Å²) in [5.41, 5.74) is 0.420. The minimum Gasteiger partial charge on any atom is -0.0928 e. The van der Waals surface area contributed by atoms with E-state index in [1.165, 1.54) is 6.42 Å². The van der Waals surface area contributed by atoms with Gasteiger partial charge in [0.15, 0.2) is 0 Å². The second-order valence-corrected chi connectivity index (χ2v) is 4.43. The van der Waals surface area contributed by atoms with Gasteiger partial charge in [-0.05, 0) is 11.8 Å². The second-order valence-electron chi connectivity index (χ2n) is 2.52. The van der Waals surface area contributed by atoms with Gasteiger partial charge in [-0.15, -0.1) is 0 Å². The van der Waals surface area contributed by atoms with E-state index in [1.807, 2.05) is 0 Å². The lowest BCUT2D eigenvalue weighted by Gasteiger charge is -2.22. The summed E-state index contributed by atoms with van der Waals surface area (Å²) >= 11 is 10.4. The van der Waals surface area contributed by atoms with Crippen molar-refractivity contribution in [2.45, 2.75) is 13.3 Å².